The van der Waals surface area contributed by atoms with E-state index in [9.17, 15) is 4.79 Å². The smallest absolute Gasteiger partial charge is 0.262 e. The number of aromatic nitrogens is 1. The monoisotopic (exact) mass is 453 g/mol. The first-order chi connectivity index (χ1) is 16.2. The van der Waals surface area contributed by atoms with Crippen molar-refractivity contribution in [3.63, 3.8) is 0 Å². The number of hydrogen-bond acceptors (Lipinski definition) is 5. The van der Waals surface area contributed by atoms with Gasteiger partial charge in [0.05, 0.1) is 17.7 Å². The van der Waals surface area contributed by atoms with E-state index in [1.54, 1.807) is 25.1 Å². The van der Waals surface area contributed by atoms with Crippen molar-refractivity contribution in [1.82, 2.24) is 4.98 Å². The third-order valence-electron chi connectivity index (χ3n) is 5.59. The summed E-state index contributed by atoms with van der Waals surface area (Å²) < 4.78 is 5.63. The van der Waals surface area contributed by atoms with Gasteiger partial charge in [0.15, 0.2) is 0 Å². The molecule has 164 valence electrons. The second-order valence-electron chi connectivity index (χ2n) is 7.63. The summed E-state index contributed by atoms with van der Waals surface area (Å²) in [6.07, 6.45) is 1.45. The van der Waals surface area contributed by atoms with Crippen molar-refractivity contribution >= 4 is 29.0 Å². The van der Waals surface area contributed by atoms with Gasteiger partial charge in [-0.3, -0.25) is 9.69 Å². The number of pyridine rings is 1. The SMILES string of the molecule is COc1ccc([C@H]2Nc3ccccc3C(=O)N2c2ccccc2)cc1CSc1ccccn1. The number of rotatable bonds is 6. The average molecular weight is 454 g/mol. The average Bonchev–Trinajstić information content (AvgIpc) is 2.88. The second kappa shape index (κ2) is 9.38. The molecule has 2 heterocycles. The van der Waals surface area contributed by atoms with Gasteiger partial charge in [0.25, 0.3) is 5.91 Å². The van der Waals surface area contributed by atoms with Crippen LogP contribution in [0.2, 0.25) is 0 Å². The van der Waals surface area contributed by atoms with Crippen LogP contribution >= 0.6 is 11.8 Å². The van der Waals surface area contributed by atoms with Gasteiger partial charge in [-0.15, -0.1) is 11.8 Å². The van der Waals surface area contributed by atoms with Crippen LogP contribution in [-0.2, 0) is 5.75 Å². The molecule has 6 heteroatoms. The zero-order valence-electron chi connectivity index (χ0n) is 18.1. The van der Waals surface area contributed by atoms with Crippen molar-refractivity contribution in [2.45, 2.75) is 16.9 Å². The van der Waals surface area contributed by atoms with E-state index in [0.717, 1.165) is 33.3 Å². The molecule has 1 N–H and O–H groups in total. The van der Waals surface area contributed by atoms with Crippen LogP contribution in [0, 0.1) is 0 Å². The number of thioether (sulfide) groups is 1. The summed E-state index contributed by atoms with van der Waals surface area (Å²) in [4.78, 5) is 19.8. The van der Waals surface area contributed by atoms with Crippen LogP contribution < -0.4 is 15.0 Å². The highest BCUT2D eigenvalue weighted by Gasteiger charge is 2.34. The molecule has 0 spiro atoms. The Kier molecular flexibility index (Phi) is 6.00. The normalized spacial score (nSPS) is 15.0. The molecule has 0 saturated carbocycles. The van der Waals surface area contributed by atoms with Gasteiger partial charge in [0.2, 0.25) is 0 Å². The largest absolute Gasteiger partial charge is 0.496 e. The van der Waals surface area contributed by atoms with Crippen LogP contribution in [0.25, 0.3) is 0 Å². The summed E-state index contributed by atoms with van der Waals surface area (Å²) in [6, 6.07) is 29.4. The third kappa shape index (κ3) is 4.30. The van der Waals surface area contributed by atoms with E-state index >= 15 is 0 Å². The number of para-hydroxylation sites is 2. The molecule has 0 aliphatic carbocycles. The van der Waals surface area contributed by atoms with E-state index in [0.29, 0.717) is 11.3 Å². The Morgan fingerprint density at radius 1 is 0.970 bits per heavy atom. The molecule has 1 aliphatic heterocycles. The number of carbonyl (C=O) groups is 1. The van der Waals surface area contributed by atoms with Gasteiger partial charge in [-0.05, 0) is 54.1 Å². The first-order valence-corrected chi connectivity index (χ1v) is 11.7. The molecule has 3 aromatic carbocycles. The molecule has 0 radical (unpaired) electrons. The van der Waals surface area contributed by atoms with Gasteiger partial charge >= 0.3 is 0 Å². The Labute approximate surface area is 197 Å². The molecule has 5 nitrogen and oxygen atoms in total. The fourth-order valence-electron chi connectivity index (χ4n) is 4.01. The summed E-state index contributed by atoms with van der Waals surface area (Å²) in [6.45, 7) is 0. The lowest BCUT2D eigenvalue weighted by Gasteiger charge is -2.38. The summed E-state index contributed by atoms with van der Waals surface area (Å²) >= 11 is 1.65. The highest BCUT2D eigenvalue weighted by Crippen LogP contribution is 2.38. The lowest BCUT2D eigenvalue weighted by atomic mass is 10.0. The van der Waals surface area contributed by atoms with Crippen LogP contribution in [0.4, 0.5) is 11.4 Å². The number of fused-ring (bicyclic) bond motifs is 1. The Hall–Kier alpha value is -3.77. The maximum atomic E-state index is 13.6. The van der Waals surface area contributed by atoms with E-state index in [4.69, 9.17) is 4.74 Å². The van der Waals surface area contributed by atoms with Gasteiger partial charge in [0.1, 0.15) is 11.9 Å². The number of anilines is 2. The van der Waals surface area contributed by atoms with Crippen LogP contribution in [0.1, 0.15) is 27.7 Å². The highest BCUT2D eigenvalue weighted by molar-refractivity contribution is 7.98. The number of ether oxygens (including phenoxy) is 1. The molecule has 1 atom stereocenters. The van der Waals surface area contributed by atoms with Crippen LogP contribution in [0.15, 0.2) is 102 Å². The molecule has 0 unspecified atom stereocenters. The maximum absolute atomic E-state index is 13.6. The summed E-state index contributed by atoms with van der Waals surface area (Å²) in [7, 11) is 1.68. The summed E-state index contributed by atoms with van der Waals surface area (Å²) in [5.74, 6) is 1.49. The minimum absolute atomic E-state index is 0.0271. The van der Waals surface area contributed by atoms with Gasteiger partial charge in [-0.2, -0.15) is 0 Å². The van der Waals surface area contributed by atoms with Crippen molar-refractivity contribution in [1.29, 1.82) is 0 Å². The zero-order valence-corrected chi connectivity index (χ0v) is 19.0. The zero-order chi connectivity index (χ0) is 22.6. The van der Waals surface area contributed by atoms with Crippen LogP contribution in [0.5, 0.6) is 5.75 Å². The molecule has 0 fully saturated rings. The Morgan fingerprint density at radius 2 is 1.76 bits per heavy atom. The minimum atomic E-state index is -0.348. The van der Waals surface area contributed by atoms with E-state index < -0.39 is 0 Å². The van der Waals surface area contributed by atoms with E-state index in [-0.39, 0.29) is 12.1 Å². The van der Waals surface area contributed by atoms with E-state index in [1.165, 1.54) is 0 Å². The van der Waals surface area contributed by atoms with E-state index in [1.807, 2.05) is 89.8 Å². The van der Waals surface area contributed by atoms with Gasteiger partial charge in [-0.25, -0.2) is 4.98 Å². The molecule has 5 rings (SSSR count). The lowest BCUT2D eigenvalue weighted by molar-refractivity contribution is 0.0975. The van der Waals surface area contributed by atoms with Crippen LogP contribution in [-0.4, -0.2) is 18.0 Å². The van der Waals surface area contributed by atoms with Gasteiger partial charge < -0.3 is 10.1 Å². The first kappa shape index (κ1) is 21.1. The molecular weight excluding hydrogens is 430 g/mol. The topological polar surface area (TPSA) is 54.5 Å². The Bertz CT molecular complexity index is 1260. The van der Waals surface area contributed by atoms with Crippen molar-refractivity contribution < 1.29 is 9.53 Å². The number of nitrogens with one attached hydrogen (secondary N) is 1. The predicted octanol–water partition coefficient (Wildman–Crippen LogP) is 6.15. The molecule has 1 aromatic heterocycles. The van der Waals surface area contributed by atoms with Gasteiger partial charge in [0, 0.05) is 28.9 Å². The van der Waals surface area contributed by atoms with Crippen molar-refractivity contribution in [3.8, 4) is 5.75 Å². The molecule has 0 saturated heterocycles. The molecule has 1 aliphatic rings. The molecule has 0 bridgehead atoms. The number of carbonyl (C=O) groups excluding carboxylic acids is 1. The number of nitrogens with zero attached hydrogens (tertiary/aromatic N) is 2. The Morgan fingerprint density at radius 3 is 2.55 bits per heavy atom. The maximum Gasteiger partial charge on any atom is 0.262 e. The second-order valence-corrected chi connectivity index (χ2v) is 8.63. The third-order valence-corrected chi connectivity index (χ3v) is 6.59. The number of hydrogen-bond donors (Lipinski definition) is 1. The molecule has 33 heavy (non-hydrogen) atoms. The highest BCUT2D eigenvalue weighted by atomic mass is 32.2. The first-order valence-electron chi connectivity index (χ1n) is 10.7. The number of benzene rings is 3. The molecule has 4 aromatic rings. The fraction of sp³-hybridized carbons (Fsp3) is 0.111. The van der Waals surface area contributed by atoms with Crippen LogP contribution in [0.3, 0.4) is 0 Å². The van der Waals surface area contributed by atoms with Crippen molar-refractivity contribution in [3.05, 3.63) is 114 Å². The fourth-order valence-corrected chi connectivity index (χ4v) is 4.85. The molecular formula is C27H23N3O2S. The van der Waals surface area contributed by atoms with Crippen molar-refractivity contribution in [2.24, 2.45) is 0 Å². The standard InChI is InChI=1S/C27H23N3O2S/c1-32-24-15-14-19(17-20(24)18-33-25-13-7-8-16-28-25)26-29-23-12-6-5-11-22(23)27(31)30(26)21-9-3-2-4-10-21/h2-17,26,29H,18H2,1H3/t26-/m0/s1. The minimum Gasteiger partial charge on any atom is -0.496 e. The van der Waals surface area contributed by atoms with E-state index in [2.05, 4.69) is 16.4 Å². The number of amides is 1. The lowest BCUT2D eigenvalue weighted by Crippen LogP contribution is -2.43. The summed E-state index contributed by atoms with van der Waals surface area (Å²) in [5, 5.41) is 4.53. The van der Waals surface area contributed by atoms with Gasteiger partial charge in [-0.1, -0.05) is 42.5 Å². The summed E-state index contributed by atoms with van der Waals surface area (Å²) in [5.41, 5.74) is 4.37. The molecule has 1 amide bonds. The predicted molar refractivity (Wildman–Crippen MR) is 133 cm³/mol. The quantitative estimate of drug-likeness (QED) is 0.355. The number of methoxy groups -OCH3 is 1. The van der Waals surface area contributed by atoms with Crippen molar-refractivity contribution in [2.75, 3.05) is 17.3 Å². The Balaban J connectivity index is 1.54.